The second-order valence-corrected chi connectivity index (χ2v) is 6.72. The lowest BCUT2D eigenvalue weighted by atomic mass is 9.91. The number of piperidine rings is 1. The number of amides is 1. The number of nitrogens with zero attached hydrogens (tertiary/aromatic N) is 1. The number of rotatable bonds is 3. The first-order valence-corrected chi connectivity index (χ1v) is 7.86. The summed E-state index contributed by atoms with van der Waals surface area (Å²) in [6.45, 7) is 0.789. The lowest BCUT2D eigenvalue weighted by Gasteiger charge is -2.36. The van der Waals surface area contributed by atoms with Gasteiger partial charge in [-0.1, -0.05) is 0 Å². The Morgan fingerprint density at radius 1 is 1.47 bits per heavy atom. The van der Waals surface area contributed by atoms with Gasteiger partial charge in [-0.3, -0.25) is 4.79 Å². The summed E-state index contributed by atoms with van der Waals surface area (Å²) in [7, 11) is 2.24. The van der Waals surface area contributed by atoms with Gasteiger partial charge >= 0.3 is 0 Å². The van der Waals surface area contributed by atoms with Crippen molar-refractivity contribution in [3.63, 3.8) is 0 Å². The zero-order valence-corrected chi connectivity index (χ0v) is 12.1. The molecule has 3 rings (SSSR count). The van der Waals surface area contributed by atoms with Crippen LogP contribution in [-0.4, -0.2) is 36.5 Å². The second kappa shape index (κ2) is 5.13. The fraction of sp³-hybridized carbons (Fsp3) is 0.643. The molecule has 2 fully saturated rings. The van der Waals surface area contributed by atoms with Crippen molar-refractivity contribution in [3.05, 3.63) is 16.3 Å². The first-order chi connectivity index (χ1) is 9.15. The Morgan fingerprint density at radius 2 is 2.16 bits per heavy atom. The highest BCUT2D eigenvalue weighted by atomic mass is 32.1. The van der Waals surface area contributed by atoms with Crippen LogP contribution in [0.2, 0.25) is 0 Å². The summed E-state index contributed by atoms with van der Waals surface area (Å²) in [4.78, 5) is 15.2. The molecule has 104 valence electrons. The Hall–Kier alpha value is -1.07. The Morgan fingerprint density at radius 3 is 2.74 bits per heavy atom. The number of nitrogens with one attached hydrogen (secondary N) is 1. The zero-order chi connectivity index (χ0) is 13.4. The van der Waals surface area contributed by atoms with E-state index in [9.17, 15) is 4.79 Å². The number of fused-ring (bicyclic) bond motifs is 2. The van der Waals surface area contributed by atoms with Crippen LogP contribution in [0.4, 0.5) is 5.69 Å². The molecule has 3 heterocycles. The van der Waals surface area contributed by atoms with Gasteiger partial charge in [0.25, 0.3) is 5.91 Å². The SMILES string of the molecule is CN1C2CCC1CC(CNC(=O)c1sccc1N)C2. The van der Waals surface area contributed by atoms with E-state index in [0.717, 1.165) is 18.6 Å². The molecular formula is C14H21N3OS. The quantitative estimate of drug-likeness (QED) is 0.889. The van der Waals surface area contributed by atoms with Gasteiger partial charge < -0.3 is 16.0 Å². The number of carbonyl (C=O) groups is 1. The first-order valence-electron chi connectivity index (χ1n) is 6.98. The number of nitrogen functional groups attached to an aromatic ring is 1. The minimum Gasteiger partial charge on any atom is -0.397 e. The zero-order valence-electron chi connectivity index (χ0n) is 11.3. The van der Waals surface area contributed by atoms with Crippen molar-refractivity contribution in [1.29, 1.82) is 0 Å². The highest BCUT2D eigenvalue weighted by molar-refractivity contribution is 7.12. The topological polar surface area (TPSA) is 58.4 Å². The molecule has 2 saturated heterocycles. The van der Waals surface area contributed by atoms with Gasteiger partial charge in [-0.05, 0) is 50.1 Å². The van der Waals surface area contributed by atoms with Gasteiger partial charge in [-0.2, -0.15) is 0 Å². The summed E-state index contributed by atoms with van der Waals surface area (Å²) in [5.74, 6) is 0.609. The third kappa shape index (κ3) is 2.49. The summed E-state index contributed by atoms with van der Waals surface area (Å²) in [6, 6.07) is 3.25. The monoisotopic (exact) mass is 279 g/mol. The summed E-state index contributed by atoms with van der Waals surface area (Å²) >= 11 is 1.41. The van der Waals surface area contributed by atoms with Crippen LogP contribution in [0.25, 0.3) is 0 Å². The average Bonchev–Trinajstić information content (AvgIpc) is 2.87. The Labute approximate surface area is 118 Å². The van der Waals surface area contributed by atoms with Gasteiger partial charge in [0.2, 0.25) is 0 Å². The molecule has 1 aromatic heterocycles. The van der Waals surface area contributed by atoms with Crippen molar-refractivity contribution in [2.24, 2.45) is 5.92 Å². The maximum Gasteiger partial charge on any atom is 0.263 e. The van der Waals surface area contributed by atoms with Gasteiger partial charge in [-0.15, -0.1) is 11.3 Å². The lowest BCUT2D eigenvalue weighted by molar-refractivity contribution is 0.0922. The molecule has 2 bridgehead atoms. The Kier molecular flexibility index (Phi) is 3.50. The third-order valence-electron chi connectivity index (χ3n) is 4.65. The van der Waals surface area contributed by atoms with Crippen molar-refractivity contribution in [2.45, 2.75) is 37.8 Å². The molecule has 4 nitrogen and oxygen atoms in total. The van der Waals surface area contributed by atoms with E-state index in [0.29, 0.717) is 16.5 Å². The van der Waals surface area contributed by atoms with Crippen molar-refractivity contribution >= 4 is 22.9 Å². The van der Waals surface area contributed by atoms with Crippen LogP contribution in [0.3, 0.4) is 0 Å². The molecule has 5 heteroatoms. The van der Waals surface area contributed by atoms with E-state index in [2.05, 4.69) is 17.3 Å². The fourth-order valence-corrected chi connectivity index (χ4v) is 4.25. The summed E-state index contributed by atoms with van der Waals surface area (Å²) in [6.07, 6.45) is 5.08. The molecule has 1 aromatic rings. The summed E-state index contributed by atoms with van der Waals surface area (Å²) in [5.41, 5.74) is 6.35. The van der Waals surface area contributed by atoms with Crippen molar-refractivity contribution in [3.8, 4) is 0 Å². The molecule has 0 spiro atoms. The summed E-state index contributed by atoms with van der Waals surface area (Å²) < 4.78 is 0. The standard InChI is InChI=1S/C14H21N3OS/c1-17-10-2-3-11(17)7-9(6-10)8-16-14(18)13-12(15)4-5-19-13/h4-5,9-11H,2-3,6-8,15H2,1H3,(H,16,18). The molecular weight excluding hydrogens is 258 g/mol. The predicted octanol–water partition coefficient (Wildman–Crippen LogP) is 1.93. The van der Waals surface area contributed by atoms with E-state index >= 15 is 0 Å². The molecule has 2 atom stereocenters. The van der Waals surface area contributed by atoms with Gasteiger partial charge in [0.15, 0.2) is 0 Å². The molecule has 2 unspecified atom stereocenters. The highest BCUT2D eigenvalue weighted by Crippen LogP contribution is 2.37. The molecule has 19 heavy (non-hydrogen) atoms. The van der Waals surface area contributed by atoms with E-state index < -0.39 is 0 Å². The van der Waals surface area contributed by atoms with E-state index in [4.69, 9.17) is 5.73 Å². The van der Waals surface area contributed by atoms with Gasteiger partial charge in [-0.25, -0.2) is 0 Å². The van der Waals surface area contributed by atoms with Gasteiger partial charge in [0.05, 0.1) is 5.69 Å². The number of anilines is 1. The molecule has 2 aliphatic heterocycles. The van der Waals surface area contributed by atoms with Crippen LogP contribution < -0.4 is 11.1 Å². The van der Waals surface area contributed by atoms with Crippen LogP contribution in [0.5, 0.6) is 0 Å². The van der Waals surface area contributed by atoms with Crippen LogP contribution in [0.15, 0.2) is 11.4 Å². The van der Waals surface area contributed by atoms with Crippen molar-refractivity contribution in [2.75, 3.05) is 19.3 Å². The van der Waals surface area contributed by atoms with Crippen LogP contribution in [0.1, 0.15) is 35.4 Å². The number of carbonyl (C=O) groups excluding carboxylic acids is 1. The molecule has 0 radical (unpaired) electrons. The maximum atomic E-state index is 12.0. The maximum absolute atomic E-state index is 12.0. The predicted molar refractivity (Wildman–Crippen MR) is 78.4 cm³/mol. The van der Waals surface area contributed by atoms with Crippen molar-refractivity contribution in [1.82, 2.24) is 10.2 Å². The lowest BCUT2D eigenvalue weighted by Crippen LogP contribution is -2.43. The second-order valence-electron chi connectivity index (χ2n) is 5.80. The molecule has 3 N–H and O–H groups in total. The van der Waals surface area contributed by atoms with E-state index in [1.165, 1.54) is 37.0 Å². The Bertz CT molecular complexity index is 459. The average molecular weight is 279 g/mol. The number of hydrogen-bond acceptors (Lipinski definition) is 4. The molecule has 2 aliphatic rings. The molecule has 0 saturated carbocycles. The number of hydrogen-bond donors (Lipinski definition) is 2. The fourth-order valence-electron chi connectivity index (χ4n) is 3.51. The number of thiophene rings is 1. The Balaban J connectivity index is 1.54. The van der Waals surface area contributed by atoms with Crippen LogP contribution in [-0.2, 0) is 0 Å². The summed E-state index contributed by atoms with van der Waals surface area (Å²) in [5, 5.41) is 4.91. The van der Waals surface area contributed by atoms with E-state index in [-0.39, 0.29) is 5.91 Å². The van der Waals surface area contributed by atoms with Gasteiger partial charge in [0.1, 0.15) is 4.88 Å². The van der Waals surface area contributed by atoms with E-state index in [1.807, 2.05) is 5.38 Å². The largest absolute Gasteiger partial charge is 0.397 e. The van der Waals surface area contributed by atoms with Crippen LogP contribution in [0, 0.1) is 5.92 Å². The van der Waals surface area contributed by atoms with Gasteiger partial charge in [0, 0.05) is 18.6 Å². The molecule has 0 aliphatic carbocycles. The highest BCUT2D eigenvalue weighted by Gasteiger charge is 2.38. The number of nitrogens with two attached hydrogens (primary N) is 1. The first kappa shape index (κ1) is 12.9. The minimum atomic E-state index is -0.0150. The van der Waals surface area contributed by atoms with Crippen LogP contribution >= 0.6 is 11.3 Å². The molecule has 0 aromatic carbocycles. The van der Waals surface area contributed by atoms with E-state index in [1.54, 1.807) is 6.07 Å². The van der Waals surface area contributed by atoms with Crippen molar-refractivity contribution < 1.29 is 4.79 Å². The molecule has 1 amide bonds. The normalized spacial score (nSPS) is 30.5. The third-order valence-corrected chi connectivity index (χ3v) is 5.58. The smallest absolute Gasteiger partial charge is 0.263 e. The minimum absolute atomic E-state index is 0.0150.